The summed E-state index contributed by atoms with van der Waals surface area (Å²) >= 11 is 0. The number of rotatable bonds is 7. The van der Waals surface area contributed by atoms with Gasteiger partial charge in [0.15, 0.2) is 5.84 Å². The second-order valence-electron chi connectivity index (χ2n) is 4.55. The first-order valence-electron chi connectivity index (χ1n) is 6.39. The lowest BCUT2D eigenvalue weighted by Gasteiger charge is -2.19. The number of hydrogen-bond acceptors (Lipinski definition) is 5. The third-order valence-corrected chi connectivity index (χ3v) is 4.87. The Morgan fingerprint density at radius 1 is 1.45 bits per heavy atom. The molecular formula is C13H21N3O3S. The molecule has 20 heavy (non-hydrogen) atoms. The van der Waals surface area contributed by atoms with E-state index in [0.29, 0.717) is 18.5 Å². The van der Waals surface area contributed by atoms with Gasteiger partial charge in [0.05, 0.1) is 5.75 Å². The van der Waals surface area contributed by atoms with Crippen molar-refractivity contribution >= 4 is 21.4 Å². The quantitative estimate of drug-likeness (QED) is 0.339. The van der Waals surface area contributed by atoms with Crippen LogP contribution in [0.3, 0.4) is 0 Å². The van der Waals surface area contributed by atoms with Gasteiger partial charge >= 0.3 is 0 Å². The molecule has 0 aliphatic rings. The summed E-state index contributed by atoms with van der Waals surface area (Å²) in [6, 6.07) is 7.24. The predicted molar refractivity (Wildman–Crippen MR) is 81.2 cm³/mol. The highest BCUT2D eigenvalue weighted by Gasteiger charge is 2.09. The van der Waals surface area contributed by atoms with E-state index >= 15 is 0 Å². The fourth-order valence-electron chi connectivity index (χ4n) is 1.76. The lowest BCUT2D eigenvalue weighted by molar-refractivity contribution is 0.318. The van der Waals surface area contributed by atoms with E-state index in [2.05, 4.69) is 5.16 Å². The Labute approximate surface area is 119 Å². The van der Waals surface area contributed by atoms with E-state index in [-0.39, 0.29) is 17.3 Å². The minimum Gasteiger partial charge on any atom is -0.409 e. The number of nitrogens with two attached hydrogens (primary N) is 1. The zero-order valence-electron chi connectivity index (χ0n) is 11.8. The van der Waals surface area contributed by atoms with E-state index in [9.17, 15) is 8.42 Å². The van der Waals surface area contributed by atoms with Gasteiger partial charge in [-0.15, -0.1) is 0 Å². The Balaban J connectivity index is 2.66. The lowest BCUT2D eigenvalue weighted by Crippen LogP contribution is -2.22. The molecule has 7 heteroatoms. The molecular weight excluding hydrogens is 278 g/mol. The number of sulfone groups is 1. The van der Waals surface area contributed by atoms with E-state index in [1.54, 1.807) is 19.1 Å². The van der Waals surface area contributed by atoms with Crippen LogP contribution in [0.25, 0.3) is 0 Å². The average molecular weight is 299 g/mol. The SMILES string of the molecule is CCS(=O)(=O)CCCN(C)c1cccc(C(N)=NO)c1. The molecule has 0 heterocycles. The van der Waals surface area contributed by atoms with Crippen molar-refractivity contribution in [2.45, 2.75) is 13.3 Å². The third kappa shape index (κ3) is 4.73. The first kappa shape index (κ1) is 16.3. The zero-order valence-corrected chi connectivity index (χ0v) is 12.6. The van der Waals surface area contributed by atoms with Crippen molar-refractivity contribution in [3.8, 4) is 0 Å². The number of anilines is 1. The van der Waals surface area contributed by atoms with Crippen molar-refractivity contribution in [1.82, 2.24) is 0 Å². The molecule has 112 valence electrons. The van der Waals surface area contributed by atoms with Crippen LogP contribution in [0, 0.1) is 0 Å². The summed E-state index contributed by atoms with van der Waals surface area (Å²) < 4.78 is 22.8. The fraction of sp³-hybridized carbons (Fsp3) is 0.462. The Hall–Kier alpha value is -1.76. The molecule has 1 rings (SSSR count). The second kappa shape index (κ2) is 7.14. The predicted octanol–water partition coefficient (Wildman–Crippen LogP) is 1.04. The summed E-state index contributed by atoms with van der Waals surface area (Å²) in [4.78, 5) is 1.94. The normalized spacial score (nSPS) is 12.4. The number of nitrogens with zero attached hydrogens (tertiary/aromatic N) is 2. The van der Waals surface area contributed by atoms with Crippen molar-refractivity contribution in [2.75, 3.05) is 30.0 Å². The molecule has 0 saturated heterocycles. The molecule has 0 aliphatic carbocycles. The third-order valence-electron chi connectivity index (χ3n) is 3.08. The van der Waals surface area contributed by atoms with Gasteiger partial charge in [-0.25, -0.2) is 8.42 Å². The molecule has 0 aliphatic heterocycles. The van der Waals surface area contributed by atoms with Crippen molar-refractivity contribution in [2.24, 2.45) is 10.9 Å². The van der Waals surface area contributed by atoms with Crippen LogP contribution < -0.4 is 10.6 Å². The summed E-state index contributed by atoms with van der Waals surface area (Å²) in [5, 5.41) is 11.6. The monoisotopic (exact) mass is 299 g/mol. The van der Waals surface area contributed by atoms with Crippen LogP contribution in [0.5, 0.6) is 0 Å². The van der Waals surface area contributed by atoms with E-state index < -0.39 is 9.84 Å². The van der Waals surface area contributed by atoms with Gasteiger partial charge in [-0.05, 0) is 18.6 Å². The van der Waals surface area contributed by atoms with Crippen LogP contribution in [0.15, 0.2) is 29.4 Å². The van der Waals surface area contributed by atoms with Gasteiger partial charge in [-0.3, -0.25) is 0 Å². The number of oxime groups is 1. The topological polar surface area (TPSA) is 96.0 Å². The van der Waals surface area contributed by atoms with Crippen molar-refractivity contribution in [1.29, 1.82) is 0 Å². The largest absolute Gasteiger partial charge is 0.409 e. The van der Waals surface area contributed by atoms with Gasteiger partial charge in [0.2, 0.25) is 0 Å². The summed E-state index contributed by atoms with van der Waals surface area (Å²) in [5.74, 6) is 0.414. The molecule has 0 spiro atoms. The molecule has 0 bridgehead atoms. The summed E-state index contributed by atoms with van der Waals surface area (Å²) in [7, 11) is -1.04. The molecule has 0 amide bonds. The highest BCUT2D eigenvalue weighted by Crippen LogP contribution is 2.15. The molecule has 0 saturated carbocycles. The Bertz CT molecular complexity index is 570. The first-order valence-corrected chi connectivity index (χ1v) is 8.21. The van der Waals surface area contributed by atoms with Gasteiger partial charge in [0.25, 0.3) is 0 Å². The van der Waals surface area contributed by atoms with E-state index in [4.69, 9.17) is 10.9 Å². The highest BCUT2D eigenvalue weighted by atomic mass is 32.2. The minimum absolute atomic E-state index is 0.0498. The van der Waals surface area contributed by atoms with E-state index in [0.717, 1.165) is 5.69 Å². The summed E-state index contributed by atoms with van der Waals surface area (Å²) in [6.45, 7) is 2.28. The maximum absolute atomic E-state index is 11.4. The van der Waals surface area contributed by atoms with Gasteiger partial charge in [0, 0.05) is 30.6 Å². The minimum atomic E-state index is -2.92. The molecule has 0 unspecified atom stereocenters. The first-order chi connectivity index (χ1) is 9.39. The Kier molecular flexibility index (Phi) is 5.82. The van der Waals surface area contributed by atoms with Gasteiger partial charge < -0.3 is 15.8 Å². The van der Waals surface area contributed by atoms with Crippen molar-refractivity contribution in [3.05, 3.63) is 29.8 Å². The summed E-state index contributed by atoms with van der Waals surface area (Å²) in [6.07, 6.45) is 0.570. The molecule has 0 radical (unpaired) electrons. The van der Waals surface area contributed by atoms with Crippen LogP contribution in [-0.4, -0.2) is 44.6 Å². The van der Waals surface area contributed by atoms with Gasteiger partial charge in [0.1, 0.15) is 9.84 Å². The average Bonchev–Trinajstić information content (AvgIpc) is 2.46. The molecule has 0 aromatic heterocycles. The van der Waals surface area contributed by atoms with Crippen LogP contribution in [0.1, 0.15) is 18.9 Å². The lowest BCUT2D eigenvalue weighted by atomic mass is 10.1. The second-order valence-corrected chi connectivity index (χ2v) is 7.02. The molecule has 1 aromatic carbocycles. The van der Waals surface area contributed by atoms with E-state index in [1.165, 1.54) is 0 Å². The molecule has 3 N–H and O–H groups in total. The fourth-order valence-corrected chi connectivity index (χ4v) is 2.61. The van der Waals surface area contributed by atoms with E-state index in [1.807, 2.05) is 24.1 Å². The highest BCUT2D eigenvalue weighted by molar-refractivity contribution is 7.91. The molecule has 1 aromatic rings. The molecule has 0 atom stereocenters. The van der Waals surface area contributed by atoms with Crippen LogP contribution in [0.2, 0.25) is 0 Å². The number of benzene rings is 1. The Morgan fingerprint density at radius 2 is 2.15 bits per heavy atom. The maximum atomic E-state index is 11.4. The zero-order chi connectivity index (χ0) is 15.2. The summed E-state index contributed by atoms with van der Waals surface area (Å²) in [5.41, 5.74) is 7.06. The van der Waals surface area contributed by atoms with Crippen molar-refractivity contribution in [3.63, 3.8) is 0 Å². The van der Waals surface area contributed by atoms with Gasteiger partial charge in [-0.1, -0.05) is 24.2 Å². The van der Waals surface area contributed by atoms with Gasteiger partial charge in [-0.2, -0.15) is 0 Å². The Morgan fingerprint density at radius 3 is 2.75 bits per heavy atom. The van der Waals surface area contributed by atoms with Crippen molar-refractivity contribution < 1.29 is 13.6 Å². The number of amidine groups is 1. The smallest absolute Gasteiger partial charge is 0.170 e. The van der Waals surface area contributed by atoms with Crippen LogP contribution >= 0.6 is 0 Å². The molecule has 0 fully saturated rings. The molecule has 6 nitrogen and oxygen atoms in total. The maximum Gasteiger partial charge on any atom is 0.170 e. The number of hydrogen-bond donors (Lipinski definition) is 2. The van der Waals surface area contributed by atoms with Crippen LogP contribution in [-0.2, 0) is 9.84 Å². The van der Waals surface area contributed by atoms with Crippen LogP contribution in [0.4, 0.5) is 5.69 Å². The standard InChI is InChI=1S/C13H21N3O3S/c1-3-20(18,19)9-5-8-16(2)12-7-4-6-11(10-12)13(14)15-17/h4,6-7,10,17H,3,5,8-9H2,1-2H3,(H2,14,15).